The van der Waals surface area contributed by atoms with Gasteiger partial charge in [0.1, 0.15) is 0 Å². The van der Waals surface area contributed by atoms with E-state index in [1.54, 1.807) is 0 Å². The van der Waals surface area contributed by atoms with Gasteiger partial charge in [0.2, 0.25) is 0 Å². The average Bonchev–Trinajstić information content (AvgIpc) is 2.26. The fraction of sp³-hybridized carbons (Fsp3) is 0.385. The molecular formula is C13H18N4O. The highest BCUT2D eigenvalue weighted by molar-refractivity contribution is 5.89. The van der Waals surface area contributed by atoms with Crippen LogP contribution in [0, 0.1) is 5.41 Å². The van der Waals surface area contributed by atoms with E-state index in [1.165, 1.54) is 6.42 Å². The summed E-state index contributed by atoms with van der Waals surface area (Å²) in [4.78, 5) is 11.6. The number of hydrogen-bond donors (Lipinski definition) is 4. The van der Waals surface area contributed by atoms with Gasteiger partial charge in [0.15, 0.2) is 0 Å². The van der Waals surface area contributed by atoms with Gasteiger partial charge in [-0.2, -0.15) is 0 Å². The van der Waals surface area contributed by atoms with Crippen LogP contribution < -0.4 is 16.4 Å². The molecule has 0 heterocycles. The summed E-state index contributed by atoms with van der Waals surface area (Å²) in [5.74, 6) is 0.137. The van der Waals surface area contributed by atoms with Gasteiger partial charge in [0.05, 0.1) is 5.84 Å². The van der Waals surface area contributed by atoms with Crippen LogP contribution in [-0.2, 0) is 6.42 Å². The van der Waals surface area contributed by atoms with E-state index in [9.17, 15) is 4.79 Å². The summed E-state index contributed by atoms with van der Waals surface area (Å²) in [6.07, 6.45) is 3.79. The van der Waals surface area contributed by atoms with Crippen molar-refractivity contribution in [2.24, 2.45) is 5.73 Å². The highest BCUT2D eigenvalue weighted by Gasteiger charge is 2.19. The molecule has 1 aliphatic carbocycles. The van der Waals surface area contributed by atoms with Crippen LogP contribution in [0.5, 0.6) is 0 Å². The molecule has 1 saturated carbocycles. The predicted molar refractivity (Wildman–Crippen MR) is 71.9 cm³/mol. The molecule has 18 heavy (non-hydrogen) atoms. The van der Waals surface area contributed by atoms with Crippen molar-refractivity contribution in [2.75, 3.05) is 5.32 Å². The van der Waals surface area contributed by atoms with Gasteiger partial charge in [-0.05, 0) is 37.0 Å². The number of anilines is 1. The van der Waals surface area contributed by atoms with Gasteiger partial charge in [-0.3, -0.25) is 5.41 Å². The fourth-order valence-electron chi connectivity index (χ4n) is 1.83. The van der Waals surface area contributed by atoms with Crippen molar-refractivity contribution in [3.63, 3.8) is 0 Å². The Kier molecular flexibility index (Phi) is 3.82. The van der Waals surface area contributed by atoms with Crippen molar-refractivity contribution in [3.8, 4) is 0 Å². The Hall–Kier alpha value is -2.04. The van der Waals surface area contributed by atoms with Gasteiger partial charge in [0, 0.05) is 18.2 Å². The van der Waals surface area contributed by atoms with Crippen LogP contribution in [-0.4, -0.2) is 17.9 Å². The molecule has 5 nitrogen and oxygen atoms in total. The summed E-state index contributed by atoms with van der Waals surface area (Å²) >= 11 is 0. The first-order valence-corrected chi connectivity index (χ1v) is 6.13. The third-order valence-electron chi connectivity index (χ3n) is 3.05. The number of nitrogens with two attached hydrogens (primary N) is 1. The number of amidine groups is 1. The molecule has 1 fully saturated rings. The second-order valence-corrected chi connectivity index (χ2v) is 4.63. The van der Waals surface area contributed by atoms with Crippen LogP contribution in [0.3, 0.4) is 0 Å². The molecule has 0 aromatic heterocycles. The Bertz CT molecular complexity index is 437. The van der Waals surface area contributed by atoms with Crippen LogP contribution in [0.25, 0.3) is 0 Å². The molecule has 0 aliphatic heterocycles. The number of rotatable bonds is 4. The first kappa shape index (κ1) is 12.4. The zero-order valence-electron chi connectivity index (χ0n) is 10.2. The summed E-state index contributed by atoms with van der Waals surface area (Å²) in [6.45, 7) is 0. The van der Waals surface area contributed by atoms with Crippen molar-refractivity contribution in [3.05, 3.63) is 29.8 Å². The summed E-state index contributed by atoms with van der Waals surface area (Å²) in [5, 5.41) is 12.9. The first-order chi connectivity index (χ1) is 8.63. The standard InChI is InChI=1S/C13H18N4O/c14-12(15)8-9-4-6-11(7-5-9)17-13(18)16-10-2-1-3-10/h4-7,10H,1-3,8H2,(H3,14,15)(H2,16,17,18). The van der Waals surface area contributed by atoms with E-state index in [0.717, 1.165) is 24.1 Å². The Morgan fingerprint density at radius 2 is 2.00 bits per heavy atom. The molecule has 0 saturated heterocycles. The fourth-order valence-corrected chi connectivity index (χ4v) is 1.83. The predicted octanol–water partition coefficient (Wildman–Crippen LogP) is 1.84. The lowest BCUT2D eigenvalue weighted by molar-refractivity contribution is 0.240. The second kappa shape index (κ2) is 5.53. The summed E-state index contributed by atoms with van der Waals surface area (Å²) in [5.41, 5.74) is 7.04. The molecule has 0 radical (unpaired) electrons. The highest BCUT2D eigenvalue weighted by atomic mass is 16.2. The maximum Gasteiger partial charge on any atom is 0.319 e. The maximum atomic E-state index is 11.6. The molecule has 0 spiro atoms. The summed E-state index contributed by atoms with van der Waals surface area (Å²) in [6, 6.07) is 7.54. The van der Waals surface area contributed by atoms with Gasteiger partial charge >= 0.3 is 6.03 Å². The van der Waals surface area contributed by atoms with Gasteiger partial charge in [0.25, 0.3) is 0 Å². The van der Waals surface area contributed by atoms with Gasteiger partial charge in [-0.15, -0.1) is 0 Å². The van der Waals surface area contributed by atoms with E-state index in [1.807, 2.05) is 24.3 Å². The zero-order chi connectivity index (χ0) is 13.0. The number of carbonyl (C=O) groups excluding carboxylic acids is 1. The molecule has 0 atom stereocenters. The number of amides is 2. The second-order valence-electron chi connectivity index (χ2n) is 4.63. The number of urea groups is 1. The lowest BCUT2D eigenvalue weighted by Crippen LogP contribution is -2.41. The topological polar surface area (TPSA) is 91.0 Å². The molecule has 0 unspecified atom stereocenters. The Balaban J connectivity index is 1.85. The van der Waals surface area contributed by atoms with Crippen molar-refractivity contribution in [2.45, 2.75) is 31.7 Å². The van der Waals surface area contributed by atoms with Gasteiger partial charge < -0.3 is 16.4 Å². The minimum absolute atomic E-state index is 0.137. The number of carbonyl (C=O) groups is 1. The SMILES string of the molecule is N=C(N)Cc1ccc(NC(=O)NC2CCC2)cc1. The number of benzene rings is 1. The van der Waals surface area contributed by atoms with E-state index >= 15 is 0 Å². The lowest BCUT2D eigenvalue weighted by Gasteiger charge is -2.26. The maximum absolute atomic E-state index is 11.6. The monoisotopic (exact) mass is 246 g/mol. The Morgan fingerprint density at radius 3 is 2.50 bits per heavy atom. The molecular weight excluding hydrogens is 228 g/mol. The van der Waals surface area contributed by atoms with Gasteiger partial charge in [-0.1, -0.05) is 12.1 Å². The lowest BCUT2D eigenvalue weighted by atomic mass is 9.93. The van der Waals surface area contributed by atoms with Crippen LogP contribution >= 0.6 is 0 Å². The van der Waals surface area contributed by atoms with Gasteiger partial charge in [-0.25, -0.2) is 4.79 Å². The first-order valence-electron chi connectivity index (χ1n) is 6.13. The highest BCUT2D eigenvalue weighted by Crippen LogP contribution is 2.18. The van der Waals surface area contributed by atoms with Crippen LogP contribution in [0.1, 0.15) is 24.8 Å². The van der Waals surface area contributed by atoms with Crippen molar-refractivity contribution in [1.82, 2.24) is 5.32 Å². The van der Waals surface area contributed by atoms with Crippen LogP contribution in [0.2, 0.25) is 0 Å². The third kappa shape index (κ3) is 3.48. The summed E-state index contributed by atoms with van der Waals surface area (Å²) in [7, 11) is 0. The molecule has 5 heteroatoms. The molecule has 1 aromatic carbocycles. The van der Waals surface area contributed by atoms with E-state index < -0.39 is 0 Å². The normalized spacial score (nSPS) is 14.7. The molecule has 1 aliphatic rings. The summed E-state index contributed by atoms with van der Waals surface area (Å²) < 4.78 is 0. The van der Waals surface area contributed by atoms with Crippen LogP contribution in [0.15, 0.2) is 24.3 Å². The minimum Gasteiger partial charge on any atom is -0.387 e. The van der Waals surface area contributed by atoms with Crippen LogP contribution in [0.4, 0.5) is 10.5 Å². The molecule has 1 aromatic rings. The number of nitrogens with one attached hydrogen (secondary N) is 3. The Labute approximate surface area is 106 Å². The number of hydrogen-bond acceptors (Lipinski definition) is 2. The van der Waals surface area contributed by atoms with Crippen molar-refractivity contribution < 1.29 is 4.79 Å². The molecule has 96 valence electrons. The van der Waals surface area contributed by atoms with Crippen molar-refractivity contribution in [1.29, 1.82) is 5.41 Å². The smallest absolute Gasteiger partial charge is 0.319 e. The quantitative estimate of drug-likeness (QED) is 0.482. The third-order valence-corrected chi connectivity index (χ3v) is 3.05. The molecule has 2 amide bonds. The Morgan fingerprint density at radius 1 is 1.33 bits per heavy atom. The largest absolute Gasteiger partial charge is 0.387 e. The van der Waals surface area contributed by atoms with Crippen molar-refractivity contribution >= 4 is 17.6 Å². The average molecular weight is 246 g/mol. The van der Waals surface area contributed by atoms with E-state index in [4.69, 9.17) is 11.1 Å². The minimum atomic E-state index is -0.154. The van der Waals surface area contributed by atoms with E-state index in [-0.39, 0.29) is 11.9 Å². The van der Waals surface area contributed by atoms with E-state index in [0.29, 0.717) is 12.5 Å². The molecule has 5 N–H and O–H groups in total. The molecule has 0 bridgehead atoms. The van der Waals surface area contributed by atoms with E-state index in [2.05, 4.69) is 10.6 Å². The molecule has 2 rings (SSSR count). The zero-order valence-corrected chi connectivity index (χ0v) is 10.2.